The standard InChI is InChI=1S/C10H17NO2.C6H4.BH2O2/c1-10(2,3)13-9(12)11-7-5-4-6-8-11;1-2-6-4-3-5(1)6;2-1-3/h4-5H,6-8H2,1-3H3;1-4H;2-3H. The maximum absolute atomic E-state index is 11.5. The van der Waals surface area contributed by atoms with Gasteiger partial charge in [-0.25, -0.2) is 4.79 Å². The third kappa shape index (κ3) is 6.32. The third-order valence-corrected chi connectivity index (χ3v) is 2.93. The zero-order valence-electron chi connectivity index (χ0n) is 13.3. The molecule has 0 saturated heterocycles. The molecule has 2 N–H and O–H groups in total. The molecule has 22 heavy (non-hydrogen) atoms. The van der Waals surface area contributed by atoms with Gasteiger partial charge in [0.2, 0.25) is 0 Å². The van der Waals surface area contributed by atoms with E-state index in [-0.39, 0.29) is 13.8 Å². The second-order valence-electron chi connectivity index (χ2n) is 5.88. The molecule has 2 aliphatic carbocycles. The molecule has 0 fully saturated rings. The second kappa shape index (κ2) is 8.61. The Morgan fingerprint density at radius 2 is 1.64 bits per heavy atom. The number of ether oxygens (including phenoxy) is 1. The molecule has 1 heterocycles. The quantitative estimate of drug-likeness (QED) is 0.579. The summed E-state index contributed by atoms with van der Waals surface area (Å²) < 4.78 is 5.23. The van der Waals surface area contributed by atoms with Gasteiger partial charge >= 0.3 is 13.8 Å². The Bertz CT molecular complexity index is 473. The van der Waals surface area contributed by atoms with Gasteiger partial charge in [0.15, 0.2) is 0 Å². The van der Waals surface area contributed by atoms with Gasteiger partial charge in [-0.1, -0.05) is 36.4 Å². The van der Waals surface area contributed by atoms with Gasteiger partial charge in [0.1, 0.15) is 5.60 Å². The molecule has 5 nitrogen and oxygen atoms in total. The van der Waals surface area contributed by atoms with Crippen LogP contribution < -0.4 is 0 Å². The molecule has 0 aromatic heterocycles. The van der Waals surface area contributed by atoms with Crippen LogP contribution in [0.5, 0.6) is 0 Å². The van der Waals surface area contributed by atoms with E-state index in [4.69, 9.17) is 14.8 Å². The molecule has 3 rings (SSSR count). The third-order valence-electron chi connectivity index (χ3n) is 2.93. The predicted octanol–water partition coefficient (Wildman–Crippen LogP) is 2.36. The molecule has 0 saturated carbocycles. The van der Waals surface area contributed by atoms with Crippen molar-refractivity contribution >= 4 is 13.8 Å². The number of carbonyl (C=O) groups is 1. The van der Waals surface area contributed by atoms with Crippen molar-refractivity contribution < 1.29 is 19.6 Å². The van der Waals surface area contributed by atoms with E-state index < -0.39 is 5.60 Å². The summed E-state index contributed by atoms with van der Waals surface area (Å²) in [5.41, 5.74) is 2.46. The smallest absolute Gasteiger partial charge is 0.444 e. The van der Waals surface area contributed by atoms with Crippen LogP contribution in [0.25, 0.3) is 11.1 Å². The van der Waals surface area contributed by atoms with Crippen LogP contribution in [-0.2, 0) is 4.74 Å². The van der Waals surface area contributed by atoms with Crippen molar-refractivity contribution in [3.63, 3.8) is 0 Å². The van der Waals surface area contributed by atoms with E-state index in [0.717, 1.165) is 13.0 Å². The highest BCUT2D eigenvalue weighted by atomic mass is 16.6. The number of carbonyl (C=O) groups excluding carboxylic acids is 1. The SMILES string of the molecule is CC(C)(C)OC(=O)N1CC=CCC1.O[B]O.c1cc2ccc1-2. The molecule has 0 aromatic carbocycles. The van der Waals surface area contributed by atoms with E-state index in [1.54, 1.807) is 4.90 Å². The zero-order chi connectivity index (χ0) is 16.6. The van der Waals surface area contributed by atoms with Crippen LogP contribution in [0.1, 0.15) is 27.2 Å². The maximum Gasteiger partial charge on any atom is 0.482 e. The summed E-state index contributed by atoms with van der Waals surface area (Å²) in [6, 6.07) is 8.48. The molecule has 6 heteroatoms. The van der Waals surface area contributed by atoms with Crippen molar-refractivity contribution in [3.8, 4) is 11.1 Å². The summed E-state index contributed by atoms with van der Waals surface area (Å²) in [7, 11) is 0. The summed E-state index contributed by atoms with van der Waals surface area (Å²) in [6.07, 6.45) is 4.80. The van der Waals surface area contributed by atoms with Crippen LogP contribution >= 0.6 is 0 Å². The minimum absolute atomic E-state index is 0. The first-order valence-corrected chi connectivity index (χ1v) is 7.21. The Balaban J connectivity index is 0.000000219. The van der Waals surface area contributed by atoms with Crippen LogP contribution in [0.2, 0.25) is 0 Å². The highest BCUT2D eigenvalue weighted by Crippen LogP contribution is 2.29. The van der Waals surface area contributed by atoms with Crippen LogP contribution in [0.4, 0.5) is 4.79 Å². The Morgan fingerprint density at radius 3 is 1.91 bits per heavy atom. The minimum atomic E-state index is -0.391. The Kier molecular flexibility index (Phi) is 7.15. The van der Waals surface area contributed by atoms with Crippen LogP contribution in [0, 0.1) is 0 Å². The maximum atomic E-state index is 11.5. The molecule has 1 aliphatic heterocycles. The number of hydrogen-bond acceptors (Lipinski definition) is 4. The van der Waals surface area contributed by atoms with E-state index in [1.807, 2.05) is 26.8 Å². The molecule has 3 aliphatic rings. The number of nitrogens with zero attached hydrogens (tertiary/aromatic N) is 1. The summed E-state index contributed by atoms with van der Waals surface area (Å²) in [4.78, 5) is 13.2. The molecule has 0 aromatic rings. The van der Waals surface area contributed by atoms with E-state index in [9.17, 15) is 4.79 Å². The van der Waals surface area contributed by atoms with Crippen molar-refractivity contribution in [2.75, 3.05) is 13.1 Å². The molecule has 0 bridgehead atoms. The van der Waals surface area contributed by atoms with Gasteiger partial charge < -0.3 is 19.7 Å². The molecular weight excluding hydrogens is 281 g/mol. The Labute approximate surface area is 132 Å². The van der Waals surface area contributed by atoms with E-state index >= 15 is 0 Å². The van der Waals surface area contributed by atoms with Gasteiger partial charge in [-0.05, 0) is 38.3 Å². The molecule has 1 radical (unpaired) electrons. The Morgan fingerprint density at radius 1 is 1.14 bits per heavy atom. The molecular formula is C16H23BNO4. The van der Waals surface area contributed by atoms with Crippen molar-refractivity contribution in [1.82, 2.24) is 4.90 Å². The average Bonchev–Trinajstić information content (AvgIpc) is 2.43. The van der Waals surface area contributed by atoms with Crippen molar-refractivity contribution in [3.05, 3.63) is 36.4 Å². The first-order chi connectivity index (χ1) is 10.4. The normalized spacial score (nSPS) is 14.0. The summed E-state index contributed by atoms with van der Waals surface area (Å²) in [5.74, 6) is 0. The first kappa shape index (κ1) is 18.3. The van der Waals surface area contributed by atoms with Gasteiger partial charge in [-0.15, -0.1) is 0 Å². The largest absolute Gasteiger partial charge is 0.482 e. The lowest BCUT2D eigenvalue weighted by Gasteiger charge is -2.27. The molecule has 0 spiro atoms. The number of rotatable bonds is 0. The molecule has 1 amide bonds. The minimum Gasteiger partial charge on any atom is -0.444 e. The van der Waals surface area contributed by atoms with Gasteiger partial charge in [-0.2, -0.15) is 0 Å². The van der Waals surface area contributed by atoms with Crippen molar-refractivity contribution in [2.45, 2.75) is 32.8 Å². The monoisotopic (exact) mass is 304 g/mol. The lowest BCUT2D eigenvalue weighted by atomic mass is 9.95. The fourth-order valence-electron chi connectivity index (χ4n) is 1.80. The molecule has 0 atom stereocenters. The molecule has 0 unspecified atom stereocenters. The van der Waals surface area contributed by atoms with E-state index in [1.165, 1.54) is 11.1 Å². The predicted molar refractivity (Wildman–Crippen MR) is 87.2 cm³/mol. The van der Waals surface area contributed by atoms with Crippen LogP contribution in [0.3, 0.4) is 0 Å². The lowest BCUT2D eigenvalue weighted by molar-refractivity contribution is 0.0268. The number of fused-ring (bicyclic) bond motifs is 1. The zero-order valence-corrected chi connectivity index (χ0v) is 13.3. The van der Waals surface area contributed by atoms with Gasteiger partial charge in [0.25, 0.3) is 0 Å². The summed E-state index contributed by atoms with van der Waals surface area (Å²) >= 11 is 0. The van der Waals surface area contributed by atoms with Gasteiger partial charge in [-0.3, -0.25) is 0 Å². The van der Waals surface area contributed by atoms with E-state index in [2.05, 4.69) is 30.3 Å². The highest BCUT2D eigenvalue weighted by molar-refractivity contribution is 6.13. The lowest BCUT2D eigenvalue weighted by Crippen LogP contribution is -2.38. The first-order valence-electron chi connectivity index (χ1n) is 7.21. The van der Waals surface area contributed by atoms with Crippen molar-refractivity contribution in [1.29, 1.82) is 0 Å². The number of hydrogen-bond donors (Lipinski definition) is 2. The van der Waals surface area contributed by atoms with Crippen LogP contribution in [-0.4, -0.2) is 47.4 Å². The van der Waals surface area contributed by atoms with Gasteiger partial charge in [0, 0.05) is 13.1 Å². The van der Waals surface area contributed by atoms with Crippen LogP contribution in [0.15, 0.2) is 36.4 Å². The topological polar surface area (TPSA) is 70.0 Å². The number of amides is 1. The average molecular weight is 304 g/mol. The Hall–Kier alpha value is -1.79. The van der Waals surface area contributed by atoms with Crippen molar-refractivity contribution in [2.24, 2.45) is 0 Å². The fourth-order valence-corrected chi connectivity index (χ4v) is 1.80. The second-order valence-corrected chi connectivity index (χ2v) is 5.88. The van der Waals surface area contributed by atoms with E-state index in [0.29, 0.717) is 6.54 Å². The molecule has 119 valence electrons. The number of benzene rings is 1. The highest BCUT2D eigenvalue weighted by Gasteiger charge is 2.21. The van der Waals surface area contributed by atoms with Gasteiger partial charge in [0.05, 0.1) is 0 Å². The summed E-state index contributed by atoms with van der Waals surface area (Å²) in [5, 5.41) is 14.0. The fraction of sp³-hybridized carbons (Fsp3) is 0.438. The summed E-state index contributed by atoms with van der Waals surface area (Å²) in [6.45, 7) is 7.08.